The molecule has 2 rings (SSSR count). The van der Waals surface area contributed by atoms with Gasteiger partial charge in [0.25, 0.3) is 0 Å². The summed E-state index contributed by atoms with van der Waals surface area (Å²) < 4.78 is 0. The molecule has 0 radical (unpaired) electrons. The van der Waals surface area contributed by atoms with E-state index in [1.807, 2.05) is 0 Å². The zero-order valence-corrected chi connectivity index (χ0v) is 16.6. The number of allylic oxidation sites excluding steroid dienone is 2. The average molecular weight is 371 g/mol. The van der Waals surface area contributed by atoms with E-state index in [4.69, 9.17) is 5.11 Å². The molecule has 1 aliphatic heterocycles. The molecule has 0 unspecified atom stereocenters. The molecule has 0 spiro atoms. The maximum absolute atomic E-state index is 10.5. The van der Waals surface area contributed by atoms with Crippen molar-refractivity contribution in [2.45, 2.75) is 64.2 Å². The van der Waals surface area contributed by atoms with E-state index in [1.165, 1.54) is 68.0 Å². The second-order valence-electron chi connectivity index (χ2n) is 7.42. The normalized spacial score (nSPS) is 25.5. The minimum Gasteiger partial charge on any atom is -0.481 e. The number of aliphatic carboxylic acids is 1. The molecule has 2 atom stereocenters. The summed E-state index contributed by atoms with van der Waals surface area (Å²) in [4.78, 5) is 10.5. The summed E-state index contributed by atoms with van der Waals surface area (Å²) >= 11 is 4.33. The first-order chi connectivity index (χ1) is 11.8. The number of rotatable bonds is 11. The summed E-state index contributed by atoms with van der Waals surface area (Å²) in [6, 6.07) is 0. The quantitative estimate of drug-likeness (QED) is 0.364. The average Bonchev–Trinajstić information content (AvgIpc) is 3.03. The molecule has 0 bridgehead atoms. The van der Waals surface area contributed by atoms with Gasteiger partial charge in [0.15, 0.2) is 0 Å². The highest BCUT2D eigenvalue weighted by atomic mass is 32.2. The van der Waals surface area contributed by atoms with Crippen molar-refractivity contribution in [2.24, 2.45) is 17.8 Å². The van der Waals surface area contributed by atoms with Gasteiger partial charge in [0, 0.05) is 6.42 Å². The molecule has 1 heterocycles. The molecule has 1 saturated carbocycles. The molecule has 1 aliphatic carbocycles. The van der Waals surface area contributed by atoms with Gasteiger partial charge >= 0.3 is 5.97 Å². The van der Waals surface area contributed by atoms with Crippen LogP contribution in [0.4, 0.5) is 0 Å². The first-order valence-electron chi connectivity index (χ1n) is 9.78. The predicted molar refractivity (Wildman–Crippen MR) is 108 cm³/mol. The van der Waals surface area contributed by atoms with Gasteiger partial charge in [-0.3, -0.25) is 4.79 Å². The van der Waals surface area contributed by atoms with Crippen LogP contribution in [0.25, 0.3) is 0 Å². The largest absolute Gasteiger partial charge is 0.481 e. The molecule has 0 aromatic rings. The minimum absolute atomic E-state index is 0.296. The first-order valence-corrected chi connectivity index (χ1v) is 12.1. The Balaban J connectivity index is 1.53. The van der Waals surface area contributed by atoms with E-state index in [-0.39, 0.29) is 0 Å². The second-order valence-corrected chi connectivity index (χ2v) is 9.64. The van der Waals surface area contributed by atoms with Gasteiger partial charge in [-0.15, -0.1) is 0 Å². The maximum atomic E-state index is 10.5. The molecular weight excluding hydrogens is 336 g/mol. The van der Waals surface area contributed by atoms with Crippen molar-refractivity contribution in [3.05, 3.63) is 12.2 Å². The lowest BCUT2D eigenvalue weighted by Crippen LogP contribution is -2.14. The van der Waals surface area contributed by atoms with E-state index >= 15 is 0 Å². The highest BCUT2D eigenvalue weighted by Gasteiger charge is 2.26. The fraction of sp³-hybridized carbons (Fsp3) is 0.850. The van der Waals surface area contributed by atoms with Gasteiger partial charge in [-0.05, 0) is 79.3 Å². The van der Waals surface area contributed by atoms with Gasteiger partial charge in [0.1, 0.15) is 0 Å². The van der Waals surface area contributed by atoms with Crippen LogP contribution in [0.1, 0.15) is 64.2 Å². The SMILES string of the molecule is O=C(O)CCC/C=C\C[C@H]1CSC[C@H]1CCSCC1CCCCC1. The van der Waals surface area contributed by atoms with Crippen LogP contribution >= 0.6 is 23.5 Å². The Bertz CT molecular complexity index is 378. The fourth-order valence-corrected chi connectivity index (χ4v) is 6.71. The highest BCUT2D eigenvalue weighted by molar-refractivity contribution is 7.99. The van der Waals surface area contributed by atoms with Crippen molar-refractivity contribution in [3.8, 4) is 0 Å². The molecule has 2 nitrogen and oxygen atoms in total. The molecule has 138 valence electrons. The highest BCUT2D eigenvalue weighted by Crippen LogP contribution is 2.36. The second kappa shape index (κ2) is 12.3. The van der Waals surface area contributed by atoms with Crippen LogP contribution in [0.5, 0.6) is 0 Å². The van der Waals surface area contributed by atoms with E-state index < -0.39 is 5.97 Å². The smallest absolute Gasteiger partial charge is 0.303 e. The predicted octanol–water partition coefficient (Wildman–Crippen LogP) is 5.87. The summed E-state index contributed by atoms with van der Waals surface area (Å²) in [6.45, 7) is 0. The molecule has 24 heavy (non-hydrogen) atoms. The summed E-state index contributed by atoms with van der Waals surface area (Å²) in [7, 11) is 0. The van der Waals surface area contributed by atoms with Crippen molar-refractivity contribution in [3.63, 3.8) is 0 Å². The third kappa shape index (κ3) is 8.33. The van der Waals surface area contributed by atoms with Gasteiger partial charge in [0.2, 0.25) is 0 Å². The monoisotopic (exact) mass is 370 g/mol. The lowest BCUT2D eigenvalue weighted by Gasteiger charge is -2.22. The topological polar surface area (TPSA) is 37.3 Å². The van der Waals surface area contributed by atoms with E-state index in [2.05, 4.69) is 35.7 Å². The van der Waals surface area contributed by atoms with Crippen molar-refractivity contribution in [2.75, 3.05) is 23.0 Å². The van der Waals surface area contributed by atoms with Crippen LogP contribution < -0.4 is 0 Å². The summed E-state index contributed by atoms with van der Waals surface area (Å²) in [6.07, 6.45) is 16.4. The van der Waals surface area contributed by atoms with E-state index in [0.717, 1.165) is 30.6 Å². The Kier molecular flexibility index (Phi) is 10.4. The first kappa shape index (κ1) is 20.2. The number of hydrogen-bond donors (Lipinski definition) is 1. The minimum atomic E-state index is -0.679. The van der Waals surface area contributed by atoms with Crippen LogP contribution in [0.2, 0.25) is 0 Å². The Morgan fingerprint density at radius 2 is 1.92 bits per heavy atom. The lowest BCUT2D eigenvalue weighted by molar-refractivity contribution is -0.137. The van der Waals surface area contributed by atoms with Crippen molar-refractivity contribution in [1.29, 1.82) is 0 Å². The Morgan fingerprint density at radius 1 is 1.12 bits per heavy atom. The summed E-state index contributed by atoms with van der Waals surface area (Å²) in [5.41, 5.74) is 0. The molecule has 2 aliphatic rings. The Labute approximate surface area is 156 Å². The van der Waals surface area contributed by atoms with E-state index in [0.29, 0.717) is 6.42 Å². The summed E-state index contributed by atoms with van der Waals surface area (Å²) in [5, 5.41) is 8.63. The van der Waals surface area contributed by atoms with Crippen molar-refractivity contribution in [1.82, 2.24) is 0 Å². The standard InChI is InChI=1S/C20H34O2S2/c21-20(22)11-7-2-1-6-10-18-15-24-16-19(18)12-13-23-14-17-8-4-3-5-9-17/h1,6,17-19H,2-5,7-16H2,(H,21,22)/b6-1-/t18-,19+/m0/s1. The zero-order valence-electron chi connectivity index (χ0n) is 15.0. The van der Waals surface area contributed by atoms with Gasteiger partial charge in [-0.1, -0.05) is 31.4 Å². The Hall–Kier alpha value is -0.0900. The molecule has 1 N–H and O–H groups in total. The Morgan fingerprint density at radius 3 is 2.71 bits per heavy atom. The van der Waals surface area contributed by atoms with Crippen LogP contribution in [-0.2, 0) is 4.79 Å². The third-order valence-corrected chi connectivity index (χ3v) is 7.97. The van der Waals surface area contributed by atoms with Crippen LogP contribution in [0, 0.1) is 17.8 Å². The molecule has 0 aromatic carbocycles. The van der Waals surface area contributed by atoms with Gasteiger partial charge < -0.3 is 5.11 Å². The van der Waals surface area contributed by atoms with Gasteiger partial charge in [-0.2, -0.15) is 23.5 Å². The number of thioether (sulfide) groups is 2. The van der Waals surface area contributed by atoms with Crippen LogP contribution in [0.3, 0.4) is 0 Å². The molecule has 0 aromatic heterocycles. The van der Waals surface area contributed by atoms with Gasteiger partial charge in [0.05, 0.1) is 0 Å². The van der Waals surface area contributed by atoms with Crippen LogP contribution in [0.15, 0.2) is 12.2 Å². The number of carboxylic acids is 1. The van der Waals surface area contributed by atoms with E-state index in [9.17, 15) is 4.79 Å². The number of carbonyl (C=O) groups is 1. The van der Waals surface area contributed by atoms with Crippen LogP contribution in [-0.4, -0.2) is 34.1 Å². The fourth-order valence-electron chi connectivity index (χ4n) is 3.82. The number of carboxylic acid groups (broad SMARTS) is 1. The molecule has 4 heteroatoms. The molecule has 0 amide bonds. The zero-order chi connectivity index (χ0) is 17.0. The number of hydrogen-bond acceptors (Lipinski definition) is 3. The molecule has 1 saturated heterocycles. The van der Waals surface area contributed by atoms with Crippen molar-refractivity contribution >= 4 is 29.5 Å². The molecule has 2 fully saturated rings. The molecular formula is C20H34O2S2. The maximum Gasteiger partial charge on any atom is 0.303 e. The van der Waals surface area contributed by atoms with E-state index in [1.54, 1.807) is 0 Å². The lowest BCUT2D eigenvalue weighted by atomic mass is 9.90. The third-order valence-electron chi connectivity index (χ3n) is 5.41. The summed E-state index contributed by atoms with van der Waals surface area (Å²) in [5.74, 6) is 7.49. The van der Waals surface area contributed by atoms with Crippen molar-refractivity contribution < 1.29 is 9.90 Å². The van der Waals surface area contributed by atoms with Gasteiger partial charge in [-0.25, -0.2) is 0 Å². The number of unbranched alkanes of at least 4 members (excludes halogenated alkanes) is 1.